The maximum absolute atomic E-state index is 13.0. The van der Waals surface area contributed by atoms with Crippen molar-refractivity contribution in [2.45, 2.75) is 74.3 Å². The first kappa shape index (κ1) is 32.5. The number of methoxy groups -OCH3 is 1. The van der Waals surface area contributed by atoms with Gasteiger partial charge in [0.05, 0.1) is 12.7 Å². The largest absolute Gasteiger partial charge is 0.497 e. The van der Waals surface area contributed by atoms with Crippen LogP contribution in [0, 0.1) is 0 Å². The van der Waals surface area contributed by atoms with E-state index in [0.29, 0.717) is 12.2 Å². The van der Waals surface area contributed by atoms with Crippen LogP contribution < -0.4 is 21.1 Å². The second-order valence-electron chi connectivity index (χ2n) is 12.0. The van der Waals surface area contributed by atoms with Crippen LogP contribution in [0.15, 0.2) is 76.5 Å². The lowest BCUT2D eigenvalue weighted by Gasteiger charge is -2.40. The Bertz CT molecular complexity index is 1380. The number of hydrogen-bond donors (Lipinski definition) is 3. The van der Waals surface area contributed by atoms with Crippen molar-refractivity contribution in [2.75, 3.05) is 32.1 Å². The monoisotopic (exact) mass is 604 g/mol. The van der Waals surface area contributed by atoms with Crippen molar-refractivity contribution in [3.63, 3.8) is 0 Å². The fourth-order valence-electron chi connectivity index (χ4n) is 5.49. The van der Waals surface area contributed by atoms with E-state index in [2.05, 4.69) is 53.1 Å². The van der Waals surface area contributed by atoms with E-state index in [0.717, 1.165) is 53.6 Å². The quantitative estimate of drug-likeness (QED) is 0.242. The number of hydrogen-bond acceptors (Lipinski definition) is 7. The minimum atomic E-state index is -0.601. The standard InChI is InChI=1S/C34H44N4O4S/c1-24(39)38(42-33(2,3)4)23-32(40)37-27-9-8-26(22-35)31(20-27)34(16-18-36-19-17-34)21-25-6-12-29(13-7-25)43-30-14-10-28(41-5)11-15-30/h6-15,20,36H,16-19,21-23,35H2,1-5H3,(H,37,40). The number of carbonyl (C=O) groups excluding carboxylic acids is 2. The predicted octanol–water partition coefficient (Wildman–Crippen LogP) is 5.69. The molecule has 230 valence electrons. The number of amides is 2. The molecule has 0 spiro atoms. The summed E-state index contributed by atoms with van der Waals surface area (Å²) in [5.74, 6) is 0.196. The van der Waals surface area contributed by atoms with Gasteiger partial charge in [0, 0.05) is 34.4 Å². The van der Waals surface area contributed by atoms with Crippen molar-refractivity contribution in [3.8, 4) is 5.75 Å². The Balaban J connectivity index is 1.54. The number of nitrogens with zero attached hydrogens (tertiary/aromatic N) is 1. The van der Waals surface area contributed by atoms with Crippen LogP contribution in [0.3, 0.4) is 0 Å². The van der Waals surface area contributed by atoms with E-state index < -0.39 is 5.60 Å². The summed E-state index contributed by atoms with van der Waals surface area (Å²) < 4.78 is 5.27. The first-order chi connectivity index (χ1) is 20.5. The van der Waals surface area contributed by atoms with Gasteiger partial charge in [0.15, 0.2) is 0 Å². The van der Waals surface area contributed by atoms with E-state index in [4.69, 9.17) is 15.3 Å². The van der Waals surface area contributed by atoms with E-state index in [1.807, 2.05) is 45.0 Å². The Morgan fingerprint density at radius 3 is 2.19 bits per heavy atom. The smallest absolute Gasteiger partial charge is 0.246 e. The number of carbonyl (C=O) groups is 2. The van der Waals surface area contributed by atoms with Gasteiger partial charge in [0.25, 0.3) is 0 Å². The van der Waals surface area contributed by atoms with E-state index in [1.54, 1.807) is 18.9 Å². The summed E-state index contributed by atoms with van der Waals surface area (Å²) in [5.41, 5.74) is 9.71. The van der Waals surface area contributed by atoms with Crippen molar-refractivity contribution in [3.05, 3.63) is 83.4 Å². The number of piperidine rings is 1. The first-order valence-electron chi connectivity index (χ1n) is 14.7. The maximum Gasteiger partial charge on any atom is 0.246 e. The molecule has 0 atom stereocenters. The summed E-state index contributed by atoms with van der Waals surface area (Å²) in [6.07, 6.45) is 2.78. The van der Waals surface area contributed by atoms with Gasteiger partial charge in [0.1, 0.15) is 12.3 Å². The third kappa shape index (κ3) is 9.06. The summed E-state index contributed by atoms with van der Waals surface area (Å²) >= 11 is 1.72. The van der Waals surface area contributed by atoms with Crippen LogP contribution in [0.5, 0.6) is 5.75 Å². The molecular formula is C34H44N4O4S. The molecule has 1 aliphatic rings. The summed E-state index contributed by atoms with van der Waals surface area (Å²) in [6.45, 7) is 8.93. The van der Waals surface area contributed by atoms with E-state index in [-0.39, 0.29) is 23.8 Å². The van der Waals surface area contributed by atoms with E-state index >= 15 is 0 Å². The third-order valence-corrected chi connectivity index (χ3v) is 8.54. The van der Waals surface area contributed by atoms with Crippen LogP contribution in [0.1, 0.15) is 57.2 Å². The number of benzene rings is 3. The minimum absolute atomic E-state index is 0.133. The second-order valence-corrected chi connectivity index (χ2v) is 13.2. The first-order valence-corrected chi connectivity index (χ1v) is 15.5. The predicted molar refractivity (Wildman–Crippen MR) is 172 cm³/mol. The van der Waals surface area contributed by atoms with Gasteiger partial charge in [-0.15, -0.1) is 0 Å². The van der Waals surface area contributed by atoms with Gasteiger partial charge in [-0.1, -0.05) is 30.0 Å². The highest BCUT2D eigenvalue weighted by molar-refractivity contribution is 7.99. The van der Waals surface area contributed by atoms with Gasteiger partial charge in [-0.2, -0.15) is 0 Å². The van der Waals surface area contributed by atoms with Crippen molar-refractivity contribution < 1.29 is 19.2 Å². The van der Waals surface area contributed by atoms with Gasteiger partial charge < -0.3 is 21.1 Å². The van der Waals surface area contributed by atoms with E-state index in [1.165, 1.54) is 22.9 Å². The molecule has 0 aliphatic carbocycles. The Morgan fingerprint density at radius 1 is 1.00 bits per heavy atom. The van der Waals surface area contributed by atoms with Crippen LogP contribution in [0.4, 0.5) is 5.69 Å². The van der Waals surface area contributed by atoms with Gasteiger partial charge in [-0.3, -0.25) is 14.4 Å². The molecule has 3 aromatic carbocycles. The molecule has 1 fully saturated rings. The lowest BCUT2D eigenvalue weighted by Crippen LogP contribution is -2.42. The third-order valence-electron chi connectivity index (χ3n) is 7.53. The van der Waals surface area contributed by atoms with Crippen molar-refractivity contribution in [1.82, 2.24) is 10.4 Å². The molecule has 0 unspecified atom stereocenters. The normalized spacial score (nSPS) is 14.7. The summed E-state index contributed by atoms with van der Waals surface area (Å²) in [5, 5.41) is 7.60. The number of nitrogens with two attached hydrogens (primary N) is 1. The van der Waals surface area contributed by atoms with Crippen LogP contribution in [-0.2, 0) is 32.8 Å². The van der Waals surface area contributed by atoms with Crippen LogP contribution >= 0.6 is 11.8 Å². The molecule has 0 bridgehead atoms. The number of nitrogens with one attached hydrogen (secondary N) is 2. The number of ether oxygens (including phenoxy) is 1. The Morgan fingerprint density at radius 2 is 1.63 bits per heavy atom. The Hall–Kier alpha value is -3.37. The molecule has 0 radical (unpaired) electrons. The minimum Gasteiger partial charge on any atom is -0.497 e. The lowest BCUT2D eigenvalue weighted by molar-refractivity contribution is -0.223. The van der Waals surface area contributed by atoms with Gasteiger partial charge in [-0.25, -0.2) is 5.06 Å². The molecule has 1 heterocycles. The summed E-state index contributed by atoms with van der Waals surface area (Å²) in [7, 11) is 1.67. The van der Waals surface area contributed by atoms with Crippen LogP contribution in [0.25, 0.3) is 0 Å². The molecule has 1 saturated heterocycles. The zero-order chi connectivity index (χ0) is 31.0. The van der Waals surface area contributed by atoms with Gasteiger partial charge in [-0.05, 0) is 118 Å². The molecule has 0 aromatic heterocycles. The molecule has 9 heteroatoms. The molecule has 2 amide bonds. The fourth-order valence-corrected chi connectivity index (χ4v) is 6.30. The average Bonchev–Trinajstić information content (AvgIpc) is 2.98. The molecule has 1 aliphatic heterocycles. The molecule has 3 aromatic rings. The Labute approximate surface area is 259 Å². The zero-order valence-electron chi connectivity index (χ0n) is 25.9. The highest BCUT2D eigenvalue weighted by atomic mass is 32.2. The zero-order valence-corrected chi connectivity index (χ0v) is 26.7. The van der Waals surface area contributed by atoms with Crippen LogP contribution in [-0.4, -0.2) is 49.2 Å². The molecule has 8 nitrogen and oxygen atoms in total. The average molecular weight is 605 g/mol. The SMILES string of the molecule is COc1ccc(Sc2ccc(CC3(c4cc(NC(=O)CN(OC(C)(C)C)C(C)=O)ccc4CN)CCNCC3)cc2)cc1. The highest BCUT2D eigenvalue weighted by Crippen LogP contribution is 2.40. The van der Waals surface area contributed by atoms with Crippen molar-refractivity contribution in [2.24, 2.45) is 5.73 Å². The fraction of sp³-hybridized carbons (Fsp3) is 0.412. The number of hydroxylamine groups is 2. The maximum atomic E-state index is 13.0. The van der Waals surface area contributed by atoms with Gasteiger partial charge >= 0.3 is 0 Å². The van der Waals surface area contributed by atoms with E-state index in [9.17, 15) is 9.59 Å². The van der Waals surface area contributed by atoms with Crippen molar-refractivity contribution in [1.29, 1.82) is 0 Å². The number of rotatable bonds is 11. The van der Waals surface area contributed by atoms with Crippen molar-refractivity contribution >= 4 is 29.3 Å². The topological polar surface area (TPSA) is 106 Å². The second kappa shape index (κ2) is 14.4. The number of anilines is 1. The molecule has 4 N–H and O–H groups in total. The molecule has 4 rings (SSSR count). The van der Waals surface area contributed by atoms with Crippen LogP contribution in [0.2, 0.25) is 0 Å². The highest BCUT2D eigenvalue weighted by Gasteiger charge is 2.36. The lowest BCUT2D eigenvalue weighted by atomic mass is 9.68. The molecule has 0 saturated carbocycles. The molecular weight excluding hydrogens is 560 g/mol. The van der Waals surface area contributed by atoms with Gasteiger partial charge in [0.2, 0.25) is 11.8 Å². The summed E-state index contributed by atoms with van der Waals surface area (Å²) in [6, 6.07) is 22.8. The Kier molecular flexibility index (Phi) is 10.9. The molecule has 43 heavy (non-hydrogen) atoms. The summed E-state index contributed by atoms with van der Waals surface area (Å²) in [4.78, 5) is 33.1.